The highest BCUT2D eigenvalue weighted by Crippen LogP contribution is 2.19. The van der Waals surface area contributed by atoms with E-state index in [1.165, 1.54) is 0 Å². The maximum atomic E-state index is 11.9. The van der Waals surface area contributed by atoms with Crippen molar-refractivity contribution in [1.82, 2.24) is 5.32 Å². The zero-order chi connectivity index (χ0) is 13.0. The van der Waals surface area contributed by atoms with Crippen LogP contribution in [-0.2, 0) is 0 Å². The second kappa shape index (κ2) is 6.33. The molecule has 1 aromatic rings. The molecule has 1 amide bonds. The Bertz CT molecular complexity index is 433. The van der Waals surface area contributed by atoms with E-state index in [0.717, 1.165) is 4.47 Å². The Morgan fingerprint density at radius 2 is 2.24 bits per heavy atom. The van der Waals surface area contributed by atoms with Crippen LogP contribution in [0.4, 0.5) is 0 Å². The number of amides is 1. The average molecular weight is 336 g/mol. The van der Waals surface area contributed by atoms with Crippen LogP contribution >= 0.6 is 39.7 Å². The van der Waals surface area contributed by atoms with Gasteiger partial charge in [0.1, 0.15) is 0 Å². The molecule has 0 saturated carbocycles. The van der Waals surface area contributed by atoms with Crippen molar-refractivity contribution in [1.29, 1.82) is 0 Å². The summed E-state index contributed by atoms with van der Waals surface area (Å²) < 4.78 is 0.761. The number of carbonyl (C=O) groups is 1. The van der Waals surface area contributed by atoms with Crippen LogP contribution in [0.5, 0.6) is 0 Å². The van der Waals surface area contributed by atoms with Gasteiger partial charge in [-0.2, -0.15) is 0 Å². The Hall–Kier alpha value is -0.650. The number of nitrogens with two attached hydrogens (primary N) is 1. The lowest BCUT2D eigenvalue weighted by atomic mass is 10.2. The Morgan fingerprint density at radius 3 is 2.76 bits per heavy atom. The van der Waals surface area contributed by atoms with E-state index in [2.05, 4.69) is 21.2 Å². The van der Waals surface area contributed by atoms with E-state index >= 15 is 0 Å². The van der Waals surface area contributed by atoms with Gasteiger partial charge < -0.3 is 11.1 Å². The van der Waals surface area contributed by atoms with Gasteiger partial charge in [-0.25, -0.2) is 0 Å². The number of thiocarbonyl (C=S) groups is 1. The summed E-state index contributed by atoms with van der Waals surface area (Å²) in [6, 6.07) is 4.93. The number of nitrogens with one attached hydrogen (secondary N) is 1. The minimum absolute atomic E-state index is 0.0993. The molecular formula is C11H12BrClN2OS. The first-order valence-electron chi connectivity index (χ1n) is 4.93. The fourth-order valence-corrected chi connectivity index (χ4v) is 2.46. The molecule has 1 aromatic carbocycles. The van der Waals surface area contributed by atoms with Gasteiger partial charge in [0.2, 0.25) is 0 Å². The normalized spacial score (nSPS) is 11.9. The van der Waals surface area contributed by atoms with Gasteiger partial charge in [-0.1, -0.05) is 39.7 Å². The zero-order valence-corrected chi connectivity index (χ0v) is 12.3. The van der Waals surface area contributed by atoms with Crippen molar-refractivity contribution < 1.29 is 4.79 Å². The second-order valence-electron chi connectivity index (χ2n) is 3.70. The summed E-state index contributed by atoms with van der Waals surface area (Å²) in [5.74, 6) is -0.197. The fraction of sp³-hybridized carbons (Fsp3) is 0.273. The lowest BCUT2D eigenvalue weighted by molar-refractivity contribution is 0.0941. The molecule has 3 nitrogen and oxygen atoms in total. The van der Waals surface area contributed by atoms with E-state index in [4.69, 9.17) is 29.6 Å². The van der Waals surface area contributed by atoms with Crippen molar-refractivity contribution in [3.8, 4) is 0 Å². The summed E-state index contributed by atoms with van der Waals surface area (Å²) in [5.41, 5.74) is 5.91. The summed E-state index contributed by atoms with van der Waals surface area (Å²) in [4.78, 5) is 12.2. The smallest absolute Gasteiger partial charge is 0.251 e. The lowest BCUT2D eigenvalue weighted by Gasteiger charge is -2.13. The van der Waals surface area contributed by atoms with E-state index in [-0.39, 0.29) is 11.9 Å². The summed E-state index contributed by atoms with van der Waals surface area (Å²) >= 11 is 13.9. The summed E-state index contributed by atoms with van der Waals surface area (Å²) in [6.07, 6.45) is 0.475. The molecule has 0 aliphatic carbocycles. The number of hydrogen-bond acceptors (Lipinski definition) is 2. The molecule has 0 aliphatic rings. The zero-order valence-electron chi connectivity index (χ0n) is 9.17. The first-order valence-corrected chi connectivity index (χ1v) is 6.51. The van der Waals surface area contributed by atoms with Crippen molar-refractivity contribution in [2.24, 2.45) is 5.73 Å². The lowest BCUT2D eigenvalue weighted by Crippen LogP contribution is -2.35. The largest absolute Gasteiger partial charge is 0.393 e. The van der Waals surface area contributed by atoms with Gasteiger partial charge in [0.05, 0.1) is 4.99 Å². The van der Waals surface area contributed by atoms with Crippen LogP contribution in [0, 0.1) is 0 Å². The van der Waals surface area contributed by atoms with Crippen LogP contribution in [0.3, 0.4) is 0 Å². The highest BCUT2D eigenvalue weighted by Gasteiger charge is 2.11. The Balaban J connectivity index is 2.72. The number of carbonyl (C=O) groups excluding carboxylic acids is 1. The van der Waals surface area contributed by atoms with Gasteiger partial charge in [0.25, 0.3) is 5.91 Å². The predicted octanol–water partition coefficient (Wildman–Crippen LogP) is 2.90. The Morgan fingerprint density at radius 1 is 1.59 bits per heavy atom. The van der Waals surface area contributed by atoms with E-state index in [9.17, 15) is 4.79 Å². The molecule has 1 atom stereocenters. The molecule has 0 aromatic heterocycles. The summed E-state index contributed by atoms with van der Waals surface area (Å²) in [7, 11) is 0. The van der Waals surface area contributed by atoms with E-state index in [1.54, 1.807) is 18.2 Å². The maximum absolute atomic E-state index is 11.9. The average Bonchev–Trinajstić information content (AvgIpc) is 2.14. The highest BCUT2D eigenvalue weighted by molar-refractivity contribution is 9.10. The fourth-order valence-electron chi connectivity index (χ4n) is 1.34. The highest BCUT2D eigenvalue weighted by atomic mass is 79.9. The molecule has 1 unspecified atom stereocenters. The summed E-state index contributed by atoms with van der Waals surface area (Å²) in [5, 5.41) is 3.30. The van der Waals surface area contributed by atoms with Gasteiger partial charge in [-0.05, 0) is 25.1 Å². The predicted molar refractivity (Wildman–Crippen MR) is 77.5 cm³/mol. The van der Waals surface area contributed by atoms with Gasteiger partial charge in [0, 0.05) is 27.5 Å². The molecule has 0 radical (unpaired) electrons. The monoisotopic (exact) mass is 334 g/mol. The quantitative estimate of drug-likeness (QED) is 0.832. The van der Waals surface area contributed by atoms with Crippen molar-refractivity contribution >= 4 is 50.6 Å². The second-order valence-corrected chi connectivity index (χ2v) is 5.58. The molecule has 1 rings (SSSR count). The molecular weight excluding hydrogens is 324 g/mol. The standard InChI is InChI=1S/C11H12BrClN2OS/c1-6(2-10(14)17)15-11(16)7-3-8(12)5-9(13)4-7/h3-6H,2H2,1H3,(H2,14,17)(H,15,16). The van der Waals surface area contributed by atoms with Crippen LogP contribution in [0.15, 0.2) is 22.7 Å². The van der Waals surface area contributed by atoms with Crippen LogP contribution in [0.2, 0.25) is 5.02 Å². The molecule has 3 N–H and O–H groups in total. The van der Waals surface area contributed by atoms with Gasteiger partial charge in [-0.3, -0.25) is 4.79 Å². The molecule has 0 fully saturated rings. The van der Waals surface area contributed by atoms with Gasteiger partial charge in [-0.15, -0.1) is 0 Å². The molecule has 0 heterocycles. The molecule has 0 bridgehead atoms. The van der Waals surface area contributed by atoms with Crippen molar-refractivity contribution in [3.63, 3.8) is 0 Å². The number of rotatable bonds is 4. The summed E-state index contributed by atoms with van der Waals surface area (Å²) in [6.45, 7) is 1.84. The number of benzene rings is 1. The van der Waals surface area contributed by atoms with Crippen molar-refractivity contribution in [2.75, 3.05) is 0 Å². The first kappa shape index (κ1) is 14.4. The van der Waals surface area contributed by atoms with E-state index in [1.807, 2.05) is 6.92 Å². The first-order chi connectivity index (χ1) is 7.88. The third kappa shape index (κ3) is 5.02. The molecule has 0 aliphatic heterocycles. The van der Waals surface area contributed by atoms with Gasteiger partial charge >= 0.3 is 0 Å². The maximum Gasteiger partial charge on any atom is 0.251 e. The van der Waals surface area contributed by atoms with Gasteiger partial charge in [0.15, 0.2) is 0 Å². The number of halogens is 2. The molecule has 92 valence electrons. The van der Waals surface area contributed by atoms with Crippen LogP contribution in [0.1, 0.15) is 23.7 Å². The Kier molecular flexibility index (Phi) is 5.36. The number of hydrogen-bond donors (Lipinski definition) is 2. The van der Waals surface area contributed by atoms with E-state index in [0.29, 0.717) is 22.0 Å². The molecule has 0 saturated heterocycles. The molecule has 0 spiro atoms. The third-order valence-corrected chi connectivity index (χ3v) is 2.85. The van der Waals surface area contributed by atoms with Crippen LogP contribution in [-0.4, -0.2) is 16.9 Å². The Labute approximate surface area is 119 Å². The third-order valence-electron chi connectivity index (χ3n) is 2.01. The van der Waals surface area contributed by atoms with E-state index < -0.39 is 0 Å². The topological polar surface area (TPSA) is 55.1 Å². The molecule has 17 heavy (non-hydrogen) atoms. The SMILES string of the molecule is CC(CC(N)=S)NC(=O)c1cc(Cl)cc(Br)c1. The van der Waals surface area contributed by atoms with Crippen molar-refractivity contribution in [2.45, 2.75) is 19.4 Å². The van der Waals surface area contributed by atoms with Crippen LogP contribution < -0.4 is 11.1 Å². The van der Waals surface area contributed by atoms with Crippen LogP contribution in [0.25, 0.3) is 0 Å². The molecule has 6 heteroatoms. The minimum Gasteiger partial charge on any atom is -0.393 e. The minimum atomic E-state index is -0.197. The van der Waals surface area contributed by atoms with Crippen molar-refractivity contribution in [3.05, 3.63) is 33.3 Å².